The van der Waals surface area contributed by atoms with Crippen molar-refractivity contribution in [2.45, 2.75) is 25.9 Å². The number of carboxylic acids is 1. The Kier molecular flexibility index (Phi) is 11.9. The second-order valence-electron chi connectivity index (χ2n) is 6.31. The van der Waals surface area contributed by atoms with Crippen LogP contribution in [0, 0.1) is 0 Å². The second kappa shape index (κ2) is 14.8. The molecular weight excluding hydrogens is 426 g/mol. The van der Waals surface area contributed by atoms with E-state index in [1.165, 1.54) is 0 Å². The lowest BCUT2D eigenvalue weighted by atomic mass is 10.2. The third kappa shape index (κ3) is 13.1. The summed E-state index contributed by atoms with van der Waals surface area (Å²) in [6, 6.07) is 8.90. The molecule has 0 aromatic heterocycles. The monoisotopic (exact) mass is 451 g/mol. The van der Waals surface area contributed by atoms with E-state index in [1.807, 2.05) is 16.9 Å². The van der Waals surface area contributed by atoms with E-state index in [9.17, 15) is 28.8 Å². The van der Waals surface area contributed by atoms with Crippen LogP contribution >= 0.6 is 0 Å². The van der Waals surface area contributed by atoms with Gasteiger partial charge in [-0.15, -0.1) is 0 Å². The number of nitrogens with one attached hydrogen (secondary N) is 5. The summed E-state index contributed by atoms with van der Waals surface area (Å²) in [5, 5.41) is 15.2. The first-order valence-corrected chi connectivity index (χ1v) is 9.53. The number of carboxylic acid groups (broad SMARTS) is 1. The fourth-order valence-corrected chi connectivity index (χ4v) is 2.07. The van der Waals surface area contributed by atoms with Crippen LogP contribution in [-0.2, 0) is 35.3 Å². The summed E-state index contributed by atoms with van der Waals surface area (Å²) in [4.78, 5) is 68.1. The molecule has 0 aliphatic rings. The molecule has 0 radical (unpaired) electrons. The molecule has 0 bridgehead atoms. The van der Waals surface area contributed by atoms with Crippen LogP contribution < -0.4 is 26.8 Å². The van der Waals surface area contributed by atoms with E-state index in [2.05, 4.69) is 16.0 Å². The van der Waals surface area contributed by atoms with E-state index in [-0.39, 0.29) is 32.4 Å². The number of amides is 5. The molecule has 0 saturated heterocycles. The van der Waals surface area contributed by atoms with Crippen LogP contribution in [0.25, 0.3) is 0 Å². The minimum absolute atomic E-state index is 0.0156. The Balaban J connectivity index is 2.09. The van der Waals surface area contributed by atoms with Crippen molar-refractivity contribution >= 4 is 35.7 Å². The molecule has 0 atom stereocenters. The highest BCUT2D eigenvalue weighted by Gasteiger charge is 2.10. The van der Waals surface area contributed by atoms with Crippen molar-refractivity contribution in [3.8, 4) is 0 Å². The molecule has 0 heterocycles. The van der Waals surface area contributed by atoms with Crippen molar-refractivity contribution in [3.63, 3.8) is 0 Å². The molecule has 0 unspecified atom stereocenters. The smallest absolute Gasteiger partial charge is 0.426 e. The summed E-state index contributed by atoms with van der Waals surface area (Å²) in [7, 11) is 0. The van der Waals surface area contributed by atoms with E-state index in [1.54, 1.807) is 24.3 Å². The van der Waals surface area contributed by atoms with Crippen molar-refractivity contribution in [2.75, 3.05) is 19.6 Å². The molecule has 32 heavy (non-hydrogen) atoms. The SMILES string of the molecule is O=C(O)CCCC(=O)NCC(=O)NCC(=O)NCC(=O)NNC(=O)OCc1ccccc1. The quantitative estimate of drug-likeness (QED) is 0.208. The zero-order valence-corrected chi connectivity index (χ0v) is 17.1. The van der Waals surface area contributed by atoms with Gasteiger partial charge in [0.2, 0.25) is 17.7 Å². The predicted molar refractivity (Wildman–Crippen MR) is 108 cm³/mol. The first kappa shape index (κ1) is 25.9. The van der Waals surface area contributed by atoms with Gasteiger partial charge in [0.1, 0.15) is 6.61 Å². The number of hydrazine groups is 1. The maximum absolute atomic E-state index is 11.6. The third-order valence-corrected chi connectivity index (χ3v) is 3.65. The zero-order valence-electron chi connectivity index (χ0n) is 17.1. The van der Waals surface area contributed by atoms with Crippen molar-refractivity contribution in [2.24, 2.45) is 0 Å². The van der Waals surface area contributed by atoms with Gasteiger partial charge in [-0.3, -0.25) is 29.4 Å². The fourth-order valence-electron chi connectivity index (χ4n) is 2.07. The van der Waals surface area contributed by atoms with Gasteiger partial charge in [-0.2, -0.15) is 0 Å². The molecule has 1 aromatic carbocycles. The summed E-state index contributed by atoms with van der Waals surface area (Å²) in [6.07, 6.45) is -0.932. The van der Waals surface area contributed by atoms with E-state index in [4.69, 9.17) is 9.84 Å². The Bertz CT molecular complexity index is 815. The molecule has 174 valence electrons. The summed E-state index contributed by atoms with van der Waals surface area (Å²) in [5.41, 5.74) is 4.83. The van der Waals surface area contributed by atoms with Gasteiger partial charge < -0.3 is 25.8 Å². The van der Waals surface area contributed by atoms with Gasteiger partial charge in [-0.1, -0.05) is 30.3 Å². The number of carbonyl (C=O) groups excluding carboxylic acids is 5. The highest BCUT2D eigenvalue weighted by molar-refractivity contribution is 5.90. The van der Waals surface area contributed by atoms with Gasteiger partial charge >= 0.3 is 12.1 Å². The normalized spacial score (nSPS) is 9.75. The number of aliphatic carboxylic acids is 1. The number of rotatable bonds is 12. The Labute approximate surface area is 183 Å². The van der Waals surface area contributed by atoms with E-state index < -0.39 is 48.8 Å². The summed E-state index contributed by atoms with van der Waals surface area (Å²) in [5.74, 6) is -3.55. The van der Waals surface area contributed by atoms with Gasteiger partial charge in [0.15, 0.2) is 0 Å². The number of hydrogen-bond acceptors (Lipinski definition) is 7. The third-order valence-electron chi connectivity index (χ3n) is 3.65. The van der Waals surface area contributed by atoms with E-state index >= 15 is 0 Å². The molecule has 13 nitrogen and oxygen atoms in total. The average molecular weight is 451 g/mol. The van der Waals surface area contributed by atoms with Crippen LogP contribution in [0.5, 0.6) is 0 Å². The molecule has 6 N–H and O–H groups in total. The van der Waals surface area contributed by atoms with Crippen molar-refractivity contribution in [3.05, 3.63) is 35.9 Å². The average Bonchev–Trinajstić information content (AvgIpc) is 2.77. The number of ether oxygens (including phenoxy) is 1. The van der Waals surface area contributed by atoms with E-state index in [0.29, 0.717) is 0 Å². The largest absolute Gasteiger partial charge is 0.481 e. The lowest BCUT2D eigenvalue weighted by molar-refractivity contribution is -0.137. The Morgan fingerprint density at radius 2 is 1.28 bits per heavy atom. The van der Waals surface area contributed by atoms with Crippen LogP contribution in [0.3, 0.4) is 0 Å². The van der Waals surface area contributed by atoms with Crippen LogP contribution in [0.15, 0.2) is 30.3 Å². The lowest BCUT2D eigenvalue weighted by Gasteiger charge is -2.10. The summed E-state index contributed by atoms with van der Waals surface area (Å²) in [6.45, 7) is -1.27. The highest BCUT2D eigenvalue weighted by atomic mass is 16.6. The zero-order chi connectivity index (χ0) is 23.8. The number of hydrogen-bond donors (Lipinski definition) is 6. The highest BCUT2D eigenvalue weighted by Crippen LogP contribution is 2.00. The maximum Gasteiger partial charge on any atom is 0.426 e. The van der Waals surface area contributed by atoms with Crippen LogP contribution in [-0.4, -0.2) is 60.4 Å². The Hall–Kier alpha value is -4.16. The van der Waals surface area contributed by atoms with Gasteiger partial charge in [0.05, 0.1) is 19.6 Å². The minimum Gasteiger partial charge on any atom is -0.481 e. The van der Waals surface area contributed by atoms with Crippen LogP contribution in [0.4, 0.5) is 4.79 Å². The summed E-state index contributed by atoms with van der Waals surface area (Å²) < 4.78 is 4.89. The molecule has 0 aliphatic heterocycles. The van der Waals surface area contributed by atoms with Gasteiger partial charge in [0.25, 0.3) is 5.91 Å². The second-order valence-corrected chi connectivity index (χ2v) is 6.31. The number of benzene rings is 1. The first-order chi connectivity index (χ1) is 15.3. The van der Waals surface area contributed by atoms with Crippen molar-refractivity contribution in [1.82, 2.24) is 26.8 Å². The van der Waals surface area contributed by atoms with Gasteiger partial charge in [0, 0.05) is 12.8 Å². The molecule has 0 fully saturated rings. The molecule has 0 spiro atoms. The lowest BCUT2D eigenvalue weighted by Crippen LogP contribution is -2.48. The molecule has 5 amide bonds. The Morgan fingerprint density at radius 3 is 1.88 bits per heavy atom. The van der Waals surface area contributed by atoms with Crippen molar-refractivity contribution < 1.29 is 38.6 Å². The van der Waals surface area contributed by atoms with Gasteiger partial charge in [-0.25, -0.2) is 10.2 Å². The first-order valence-electron chi connectivity index (χ1n) is 9.53. The standard InChI is InChI=1S/C19H25N5O8/c25-14(7-4-8-18(29)30)20-9-15(26)21-10-16(27)22-11-17(28)23-24-19(31)32-12-13-5-2-1-3-6-13/h1-3,5-6H,4,7-12H2,(H,20,25)(H,21,26)(H,22,27)(H,23,28)(H,24,31)(H,29,30). The Morgan fingerprint density at radius 1 is 0.719 bits per heavy atom. The molecule has 1 aromatic rings. The number of carbonyl (C=O) groups is 6. The predicted octanol–water partition coefficient (Wildman–Crippen LogP) is -1.45. The van der Waals surface area contributed by atoms with Crippen LogP contribution in [0.2, 0.25) is 0 Å². The minimum atomic E-state index is -1.02. The fraction of sp³-hybridized carbons (Fsp3) is 0.368. The van der Waals surface area contributed by atoms with Gasteiger partial charge in [-0.05, 0) is 12.0 Å². The summed E-state index contributed by atoms with van der Waals surface area (Å²) >= 11 is 0. The topological polar surface area (TPSA) is 192 Å². The van der Waals surface area contributed by atoms with E-state index in [0.717, 1.165) is 5.56 Å². The molecule has 13 heteroatoms. The molecular formula is C19H25N5O8. The molecule has 1 rings (SSSR count). The van der Waals surface area contributed by atoms with Crippen LogP contribution in [0.1, 0.15) is 24.8 Å². The van der Waals surface area contributed by atoms with Crippen molar-refractivity contribution in [1.29, 1.82) is 0 Å². The maximum atomic E-state index is 11.6. The molecule has 0 aliphatic carbocycles. The molecule has 0 saturated carbocycles.